The van der Waals surface area contributed by atoms with Crippen LogP contribution in [0.3, 0.4) is 0 Å². The van der Waals surface area contributed by atoms with E-state index in [1.165, 1.54) is 10.6 Å². The molecule has 0 saturated carbocycles. The Labute approximate surface area is 188 Å². The summed E-state index contributed by atoms with van der Waals surface area (Å²) in [7, 11) is 0. The zero-order valence-electron chi connectivity index (χ0n) is 17.6. The Morgan fingerprint density at radius 2 is 2.06 bits per heavy atom. The first kappa shape index (κ1) is 20.3. The van der Waals surface area contributed by atoms with Crippen molar-refractivity contribution in [3.05, 3.63) is 66.9 Å². The van der Waals surface area contributed by atoms with E-state index in [1.807, 2.05) is 36.4 Å². The Hall–Kier alpha value is -4.60. The van der Waals surface area contributed by atoms with Crippen LogP contribution in [0.1, 0.15) is 18.4 Å². The summed E-state index contributed by atoms with van der Waals surface area (Å²) in [6, 6.07) is 13.1. The van der Waals surface area contributed by atoms with Gasteiger partial charge in [-0.15, -0.1) is 5.10 Å². The second kappa shape index (κ2) is 8.50. The van der Waals surface area contributed by atoms with Crippen molar-refractivity contribution < 1.29 is 9.59 Å². The Kier molecular flexibility index (Phi) is 5.23. The number of hydrogen-bond donors (Lipinski definition) is 3. The topological polar surface area (TPSA) is 126 Å². The van der Waals surface area contributed by atoms with Crippen LogP contribution in [0.5, 0.6) is 0 Å². The minimum atomic E-state index is -0.298. The molecule has 33 heavy (non-hydrogen) atoms. The van der Waals surface area contributed by atoms with Crippen molar-refractivity contribution in [2.24, 2.45) is 0 Å². The van der Waals surface area contributed by atoms with Gasteiger partial charge in [0.15, 0.2) is 5.82 Å². The lowest BCUT2D eigenvalue weighted by Crippen LogP contribution is -2.09. The largest absolute Gasteiger partial charge is 0.337 e. The lowest BCUT2D eigenvalue weighted by molar-refractivity contribution is -0.116. The van der Waals surface area contributed by atoms with Gasteiger partial charge in [-0.25, -0.2) is 4.98 Å². The van der Waals surface area contributed by atoms with Gasteiger partial charge in [0.25, 0.3) is 0 Å². The van der Waals surface area contributed by atoms with Gasteiger partial charge in [0.2, 0.25) is 17.5 Å². The summed E-state index contributed by atoms with van der Waals surface area (Å²) in [5, 5.41) is 20.8. The summed E-state index contributed by atoms with van der Waals surface area (Å²) in [5.74, 6) is 0.171. The summed E-state index contributed by atoms with van der Waals surface area (Å²) in [4.78, 5) is 28.4. The van der Waals surface area contributed by atoms with Crippen molar-refractivity contribution >= 4 is 40.3 Å². The number of carbonyl (C=O) groups is 2. The van der Waals surface area contributed by atoms with Gasteiger partial charge in [-0.2, -0.15) is 4.52 Å². The standard InChI is InChI=1S/C23H20N8O2/c1-2-20(32)24-16-7-3-6-15(11-16)19-13-31-23(28-29-30-31)22(27-19)25-17-10-9-14-5-4-8-21(33)26-18(14)12-17/h2-3,6-7,9-13H,1,4-5,8H2,(H,24,32)(H,25,27)(H,26,33). The summed E-state index contributed by atoms with van der Waals surface area (Å²) in [6.45, 7) is 3.47. The fourth-order valence-electron chi connectivity index (χ4n) is 3.70. The normalized spacial score (nSPS) is 13.0. The highest BCUT2D eigenvalue weighted by Crippen LogP contribution is 2.29. The maximum absolute atomic E-state index is 12.0. The van der Waals surface area contributed by atoms with Crippen LogP contribution in [-0.4, -0.2) is 36.8 Å². The number of rotatable bonds is 5. The molecular weight excluding hydrogens is 420 g/mol. The van der Waals surface area contributed by atoms with Gasteiger partial charge >= 0.3 is 0 Å². The van der Waals surface area contributed by atoms with Gasteiger partial charge in [-0.05, 0) is 59.2 Å². The molecule has 3 heterocycles. The number of aryl methyl sites for hydroxylation is 1. The third kappa shape index (κ3) is 4.26. The van der Waals surface area contributed by atoms with Gasteiger partial charge in [0.1, 0.15) is 0 Å². The molecule has 4 aromatic rings. The third-order valence-corrected chi connectivity index (χ3v) is 5.29. The molecule has 0 atom stereocenters. The smallest absolute Gasteiger partial charge is 0.247 e. The van der Waals surface area contributed by atoms with Gasteiger partial charge in [-0.3, -0.25) is 9.59 Å². The SMILES string of the molecule is C=CC(=O)Nc1cccc(-c2cn3nnnc3c(Nc3ccc4c(c3)NC(=O)CCC4)n2)c1. The Morgan fingerprint density at radius 1 is 1.15 bits per heavy atom. The van der Waals surface area contributed by atoms with Crippen LogP contribution >= 0.6 is 0 Å². The molecule has 10 nitrogen and oxygen atoms in total. The van der Waals surface area contributed by atoms with E-state index in [2.05, 4.69) is 38.1 Å². The Morgan fingerprint density at radius 3 is 2.94 bits per heavy atom. The van der Waals surface area contributed by atoms with Crippen LogP contribution < -0.4 is 16.0 Å². The zero-order chi connectivity index (χ0) is 22.8. The predicted molar refractivity (Wildman–Crippen MR) is 124 cm³/mol. The first-order valence-electron chi connectivity index (χ1n) is 10.4. The highest BCUT2D eigenvalue weighted by molar-refractivity contribution is 5.99. The number of nitrogens with one attached hydrogen (secondary N) is 3. The highest BCUT2D eigenvalue weighted by atomic mass is 16.2. The number of aromatic nitrogens is 5. The molecule has 0 fully saturated rings. The molecule has 2 aromatic heterocycles. The predicted octanol–water partition coefficient (Wildman–Crippen LogP) is 3.33. The number of nitrogens with zero attached hydrogens (tertiary/aromatic N) is 5. The lowest BCUT2D eigenvalue weighted by Gasteiger charge is -2.12. The zero-order valence-corrected chi connectivity index (χ0v) is 17.6. The molecule has 0 spiro atoms. The lowest BCUT2D eigenvalue weighted by atomic mass is 10.1. The molecule has 0 radical (unpaired) electrons. The number of benzene rings is 2. The van der Waals surface area contributed by atoms with Crippen LogP contribution in [0.2, 0.25) is 0 Å². The number of carbonyl (C=O) groups excluding carboxylic acids is 2. The van der Waals surface area contributed by atoms with Gasteiger partial charge in [-0.1, -0.05) is 24.8 Å². The molecule has 164 valence electrons. The minimum Gasteiger partial charge on any atom is -0.337 e. The van der Waals surface area contributed by atoms with E-state index in [0.29, 0.717) is 29.3 Å². The number of tetrazole rings is 1. The number of amides is 2. The Bertz CT molecular complexity index is 1390. The highest BCUT2D eigenvalue weighted by Gasteiger charge is 2.15. The van der Waals surface area contributed by atoms with Crippen LogP contribution in [0.4, 0.5) is 22.9 Å². The van der Waals surface area contributed by atoms with E-state index in [0.717, 1.165) is 35.3 Å². The molecule has 0 bridgehead atoms. The number of fused-ring (bicyclic) bond motifs is 2. The van der Waals surface area contributed by atoms with E-state index in [4.69, 9.17) is 4.98 Å². The summed E-state index contributed by atoms with van der Waals surface area (Å²) in [6.07, 6.45) is 5.11. The van der Waals surface area contributed by atoms with Crippen LogP contribution in [-0.2, 0) is 16.0 Å². The number of anilines is 4. The van der Waals surface area contributed by atoms with E-state index in [9.17, 15) is 9.59 Å². The number of hydrogen-bond acceptors (Lipinski definition) is 7. The fourth-order valence-corrected chi connectivity index (χ4v) is 3.70. The van der Waals surface area contributed by atoms with Crippen molar-refractivity contribution in [1.82, 2.24) is 25.0 Å². The molecule has 1 aliphatic heterocycles. The van der Waals surface area contributed by atoms with Crippen molar-refractivity contribution in [2.45, 2.75) is 19.3 Å². The maximum atomic E-state index is 12.0. The molecule has 3 N–H and O–H groups in total. The molecule has 1 aliphatic rings. The monoisotopic (exact) mass is 440 g/mol. The third-order valence-electron chi connectivity index (χ3n) is 5.29. The summed E-state index contributed by atoms with van der Waals surface area (Å²) >= 11 is 0. The Balaban J connectivity index is 1.51. The van der Waals surface area contributed by atoms with Crippen molar-refractivity contribution in [1.29, 1.82) is 0 Å². The van der Waals surface area contributed by atoms with E-state index >= 15 is 0 Å². The maximum Gasteiger partial charge on any atom is 0.247 e. The van der Waals surface area contributed by atoms with Crippen molar-refractivity contribution in [3.63, 3.8) is 0 Å². The minimum absolute atomic E-state index is 0.0125. The average molecular weight is 440 g/mol. The van der Waals surface area contributed by atoms with Crippen LogP contribution in [0.15, 0.2) is 61.3 Å². The molecule has 2 aromatic carbocycles. The summed E-state index contributed by atoms with van der Waals surface area (Å²) in [5.41, 5.74) is 5.08. The molecule has 5 rings (SSSR count). The average Bonchev–Trinajstić information content (AvgIpc) is 3.21. The second-order valence-corrected chi connectivity index (χ2v) is 7.59. The van der Waals surface area contributed by atoms with Gasteiger partial charge in [0, 0.05) is 29.0 Å². The van der Waals surface area contributed by atoms with E-state index in [-0.39, 0.29) is 11.8 Å². The second-order valence-electron chi connectivity index (χ2n) is 7.59. The van der Waals surface area contributed by atoms with Gasteiger partial charge in [0.05, 0.1) is 11.9 Å². The summed E-state index contributed by atoms with van der Waals surface area (Å²) < 4.78 is 1.53. The molecule has 10 heteroatoms. The first-order chi connectivity index (χ1) is 16.1. The first-order valence-corrected chi connectivity index (χ1v) is 10.4. The van der Waals surface area contributed by atoms with Crippen molar-refractivity contribution in [3.8, 4) is 11.3 Å². The van der Waals surface area contributed by atoms with E-state index < -0.39 is 0 Å². The van der Waals surface area contributed by atoms with E-state index in [1.54, 1.807) is 12.3 Å². The van der Waals surface area contributed by atoms with Crippen LogP contribution in [0.25, 0.3) is 16.9 Å². The molecule has 2 amide bonds. The molecule has 0 saturated heterocycles. The van der Waals surface area contributed by atoms with Crippen LogP contribution in [0, 0.1) is 0 Å². The van der Waals surface area contributed by atoms with Gasteiger partial charge < -0.3 is 16.0 Å². The fraction of sp³-hybridized carbons (Fsp3) is 0.130. The molecular formula is C23H20N8O2. The molecule has 0 aliphatic carbocycles. The quantitative estimate of drug-likeness (QED) is 0.406. The molecule has 0 unspecified atom stereocenters. The van der Waals surface area contributed by atoms with Crippen molar-refractivity contribution in [2.75, 3.05) is 16.0 Å².